The maximum absolute atomic E-state index is 13.4. The second kappa shape index (κ2) is 4.22. The van der Waals surface area contributed by atoms with Crippen LogP contribution in [0.15, 0.2) is 16.5 Å². The summed E-state index contributed by atoms with van der Waals surface area (Å²) < 4.78 is 31.8. The van der Waals surface area contributed by atoms with Gasteiger partial charge in [-0.05, 0) is 31.2 Å². The highest BCUT2D eigenvalue weighted by molar-refractivity contribution is 5.82. The smallest absolute Gasteiger partial charge is 0.201 e. The number of benzene rings is 1. The number of aryl methyl sites for hydroxylation is 1. The Morgan fingerprint density at radius 1 is 1.31 bits per heavy atom. The molecule has 0 saturated carbocycles. The van der Waals surface area contributed by atoms with Crippen LogP contribution in [0.5, 0.6) is 0 Å². The van der Waals surface area contributed by atoms with Gasteiger partial charge in [-0.1, -0.05) is 6.92 Å². The fourth-order valence-electron chi connectivity index (χ4n) is 1.68. The van der Waals surface area contributed by atoms with Crippen LogP contribution in [-0.4, -0.2) is 6.54 Å². The van der Waals surface area contributed by atoms with Gasteiger partial charge in [-0.15, -0.1) is 0 Å². The molecular weight excluding hydrogens is 212 g/mol. The summed E-state index contributed by atoms with van der Waals surface area (Å²) in [4.78, 5) is 0. The van der Waals surface area contributed by atoms with Crippen LogP contribution < -0.4 is 5.32 Å². The molecule has 1 N–H and O–H groups in total. The van der Waals surface area contributed by atoms with E-state index in [1.54, 1.807) is 6.07 Å². The fraction of sp³-hybridized carbons (Fsp3) is 0.333. The molecule has 0 saturated heterocycles. The van der Waals surface area contributed by atoms with E-state index in [2.05, 4.69) is 5.32 Å². The molecule has 0 aliphatic carbocycles. The first-order valence-corrected chi connectivity index (χ1v) is 5.21. The third-order valence-corrected chi connectivity index (χ3v) is 2.63. The molecule has 0 radical (unpaired) electrons. The first-order chi connectivity index (χ1) is 7.65. The van der Waals surface area contributed by atoms with E-state index in [1.807, 2.05) is 13.8 Å². The second-order valence-electron chi connectivity index (χ2n) is 3.67. The first-order valence-electron chi connectivity index (χ1n) is 5.21. The molecular formula is C12H13F2NO. The maximum atomic E-state index is 13.4. The first kappa shape index (κ1) is 11.1. The minimum Gasteiger partial charge on any atom is -0.456 e. The van der Waals surface area contributed by atoms with Crippen molar-refractivity contribution in [2.75, 3.05) is 6.54 Å². The monoisotopic (exact) mass is 225 g/mol. The number of furan rings is 1. The van der Waals surface area contributed by atoms with Gasteiger partial charge in [-0.3, -0.25) is 0 Å². The summed E-state index contributed by atoms with van der Waals surface area (Å²) >= 11 is 0. The van der Waals surface area contributed by atoms with Crippen molar-refractivity contribution in [1.82, 2.24) is 5.32 Å². The predicted molar refractivity (Wildman–Crippen MR) is 58.2 cm³/mol. The van der Waals surface area contributed by atoms with E-state index < -0.39 is 11.6 Å². The SMILES string of the molecule is CCNCc1oc2c(F)c(F)ccc2c1C. The fourth-order valence-corrected chi connectivity index (χ4v) is 1.68. The number of rotatable bonds is 3. The highest BCUT2D eigenvalue weighted by atomic mass is 19.2. The van der Waals surface area contributed by atoms with Gasteiger partial charge in [-0.25, -0.2) is 4.39 Å². The van der Waals surface area contributed by atoms with Crippen LogP contribution in [0.4, 0.5) is 8.78 Å². The summed E-state index contributed by atoms with van der Waals surface area (Å²) in [5.41, 5.74) is 0.861. The minimum atomic E-state index is -0.914. The number of fused-ring (bicyclic) bond motifs is 1. The topological polar surface area (TPSA) is 25.2 Å². The van der Waals surface area contributed by atoms with Crippen molar-refractivity contribution >= 4 is 11.0 Å². The number of hydrogen-bond acceptors (Lipinski definition) is 2. The van der Waals surface area contributed by atoms with Gasteiger partial charge in [0.25, 0.3) is 0 Å². The molecule has 86 valence electrons. The Hall–Kier alpha value is -1.42. The van der Waals surface area contributed by atoms with Gasteiger partial charge in [0.1, 0.15) is 5.76 Å². The molecule has 0 aliphatic heterocycles. The molecule has 0 bridgehead atoms. The zero-order valence-electron chi connectivity index (χ0n) is 9.23. The van der Waals surface area contributed by atoms with Gasteiger partial charge in [0, 0.05) is 5.39 Å². The molecule has 0 unspecified atom stereocenters. The Morgan fingerprint density at radius 3 is 2.75 bits per heavy atom. The van der Waals surface area contributed by atoms with E-state index in [1.165, 1.54) is 0 Å². The van der Waals surface area contributed by atoms with Crippen molar-refractivity contribution in [3.63, 3.8) is 0 Å². The van der Waals surface area contributed by atoms with E-state index >= 15 is 0 Å². The lowest BCUT2D eigenvalue weighted by molar-refractivity contribution is 0.469. The van der Waals surface area contributed by atoms with Crippen LogP contribution in [-0.2, 0) is 6.54 Å². The molecule has 2 rings (SSSR count). The highest BCUT2D eigenvalue weighted by Crippen LogP contribution is 2.28. The molecule has 0 fully saturated rings. The largest absolute Gasteiger partial charge is 0.456 e. The van der Waals surface area contributed by atoms with Gasteiger partial charge >= 0.3 is 0 Å². The minimum absolute atomic E-state index is 0.00500. The highest BCUT2D eigenvalue weighted by Gasteiger charge is 2.16. The Kier molecular flexibility index (Phi) is 2.92. The van der Waals surface area contributed by atoms with E-state index in [0.29, 0.717) is 17.7 Å². The lowest BCUT2D eigenvalue weighted by atomic mass is 10.1. The molecule has 2 aromatic rings. The molecule has 0 atom stereocenters. The molecule has 0 aliphatic rings. The van der Waals surface area contributed by atoms with Crippen molar-refractivity contribution in [1.29, 1.82) is 0 Å². The van der Waals surface area contributed by atoms with Gasteiger partial charge in [0.05, 0.1) is 6.54 Å². The Morgan fingerprint density at radius 2 is 2.06 bits per heavy atom. The molecule has 0 amide bonds. The number of hydrogen-bond donors (Lipinski definition) is 1. The van der Waals surface area contributed by atoms with Crippen molar-refractivity contribution in [2.45, 2.75) is 20.4 Å². The van der Waals surface area contributed by atoms with Crippen LogP contribution in [0.3, 0.4) is 0 Å². The van der Waals surface area contributed by atoms with Gasteiger partial charge in [-0.2, -0.15) is 4.39 Å². The number of halogens is 2. The summed E-state index contributed by atoms with van der Waals surface area (Å²) in [6.07, 6.45) is 0. The summed E-state index contributed by atoms with van der Waals surface area (Å²) in [6.45, 7) is 5.14. The lowest BCUT2D eigenvalue weighted by Gasteiger charge is -1.97. The van der Waals surface area contributed by atoms with E-state index in [9.17, 15) is 8.78 Å². The van der Waals surface area contributed by atoms with Crippen molar-refractivity contribution in [2.24, 2.45) is 0 Å². The molecule has 1 heterocycles. The molecule has 4 heteroatoms. The zero-order chi connectivity index (χ0) is 11.7. The van der Waals surface area contributed by atoms with Crippen molar-refractivity contribution in [3.05, 3.63) is 35.1 Å². The summed E-state index contributed by atoms with van der Waals surface area (Å²) in [5.74, 6) is -1.14. The number of nitrogens with one attached hydrogen (secondary N) is 1. The standard InChI is InChI=1S/C12H13F2NO/c1-3-15-6-10-7(2)8-4-5-9(13)11(14)12(8)16-10/h4-5,15H,3,6H2,1-2H3. The summed E-state index contributed by atoms with van der Waals surface area (Å²) in [6, 6.07) is 2.67. The quantitative estimate of drug-likeness (QED) is 0.868. The zero-order valence-corrected chi connectivity index (χ0v) is 9.23. The van der Waals surface area contributed by atoms with Crippen LogP contribution in [0.1, 0.15) is 18.2 Å². The van der Waals surface area contributed by atoms with Crippen LogP contribution in [0, 0.1) is 18.6 Å². The van der Waals surface area contributed by atoms with Gasteiger partial charge in [0.2, 0.25) is 5.82 Å². The van der Waals surface area contributed by atoms with Crippen LogP contribution >= 0.6 is 0 Å². The molecule has 16 heavy (non-hydrogen) atoms. The van der Waals surface area contributed by atoms with Crippen LogP contribution in [0.2, 0.25) is 0 Å². The second-order valence-corrected chi connectivity index (χ2v) is 3.67. The third kappa shape index (κ3) is 1.69. The van der Waals surface area contributed by atoms with Crippen molar-refractivity contribution in [3.8, 4) is 0 Å². The predicted octanol–water partition coefficient (Wildman–Crippen LogP) is 3.13. The molecule has 1 aromatic carbocycles. The average molecular weight is 225 g/mol. The van der Waals surface area contributed by atoms with Gasteiger partial charge < -0.3 is 9.73 Å². The lowest BCUT2D eigenvalue weighted by Crippen LogP contribution is -2.11. The van der Waals surface area contributed by atoms with E-state index in [4.69, 9.17) is 4.42 Å². The van der Waals surface area contributed by atoms with Gasteiger partial charge in [0.15, 0.2) is 11.4 Å². The average Bonchev–Trinajstić information content (AvgIpc) is 2.59. The third-order valence-electron chi connectivity index (χ3n) is 2.63. The normalized spacial score (nSPS) is 11.2. The summed E-state index contributed by atoms with van der Waals surface area (Å²) in [7, 11) is 0. The molecule has 1 aromatic heterocycles. The van der Waals surface area contributed by atoms with E-state index in [-0.39, 0.29) is 5.58 Å². The maximum Gasteiger partial charge on any atom is 0.201 e. The Labute approximate surface area is 92.2 Å². The Bertz CT molecular complexity index is 519. The molecule has 2 nitrogen and oxygen atoms in total. The van der Waals surface area contributed by atoms with E-state index in [0.717, 1.165) is 18.2 Å². The summed E-state index contributed by atoms with van der Waals surface area (Å²) in [5, 5.41) is 3.72. The molecule has 0 spiro atoms. The Balaban J connectivity index is 2.54. The van der Waals surface area contributed by atoms with Crippen LogP contribution in [0.25, 0.3) is 11.0 Å². The van der Waals surface area contributed by atoms with Crippen molar-refractivity contribution < 1.29 is 13.2 Å².